The number of benzene rings is 1. The number of piperidine rings is 1. The second-order valence-electron chi connectivity index (χ2n) is 6.68. The summed E-state index contributed by atoms with van der Waals surface area (Å²) < 4.78 is 16.6. The van der Waals surface area contributed by atoms with Crippen LogP contribution in [0.1, 0.15) is 24.8 Å². The largest absolute Gasteiger partial charge is 0.496 e. The number of ether oxygens (including phenoxy) is 3. The standard InChI is InChI=1S/C18H27NO3/c1-20-13-16-11-18(14-22-16)7-9-19(10-8-18)12-15-5-3-4-6-17(15)21-2/h3-6,16H,7-14H2,1-2H3/t16-/m1/s1. The number of methoxy groups -OCH3 is 2. The Bertz CT molecular complexity index is 483. The summed E-state index contributed by atoms with van der Waals surface area (Å²) in [6.45, 7) is 4.89. The molecule has 0 amide bonds. The van der Waals surface area contributed by atoms with E-state index in [9.17, 15) is 0 Å². The van der Waals surface area contributed by atoms with E-state index >= 15 is 0 Å². The van der Waals surface area contributed by atoms with Crippen molar-refractivity contribution in [3.8, 4) is 5.75 Å². The number of likely N-dealkylation sites (tertiary alicyclic amines) is 1. The Morgan fingerprint density at radius 3 is 2.73 bits per heavy atom. The summed E-state index contributed by atoms with van der Waals surface area (Å²) in [5.74, 6) is 0.993. The topological polar surface area (TPSA) is 30.9 Å². The van der Waals surface area contributed by atoms with Crippen molar-refractivity contribution in [2.45, 2.75) is 31.9 Å². The van der Waals surface area contributed by atoms with Crippen molar-refractivity contribution in [2.75, 3.05) is 40.5 Å². The first-order valence-electron chi connectivity index (χ1n) is 8.19. The molecular weight excluding hydrogens is 278 g/mol. The minimum Gasteiger partial charge on any atom is -0.496 e. The molecule has 0 aromatic heterocycles. The predicted octanol–water partition coefficient (Wildman–Crippen LogP) is 2.71. The Balaban J connectivity index is 1.54. The molecule has 1 atom stereocenters. The van der Waals surface area contributed by atoms with E-state index in [-0.39, 0.29) is 0 Å². The van der Waals surface area contributed by atoms with Crippen LogP contribution in [0.15, 0.2) is 24.3 Å². The monoisotopic (exact) mass is 305 g/mol. The zero-order valence-electron chi connectivity index (χ0n) is 13.7. The summed E-state index contributed by atoms with van der Waals surface area (Å²) >= 11 is 0. The lowest BCUT2D eigenvalue weighted by Crippen LogP contribution is -2.40. The van der Waals surface area contributed by atoms with Gasteiger partial charge in [-0.1, -0.05) is 18.2 Å². The lowest BCUT2D eigenvalue weighted by Gasteiger charge is -2.38. The second kappa shape index (κ2) is 6.99. The minimum atomic E-state index is 0.297. The van der Waals surface area contributed by atoms with Crippen LogP contribution < -0.4 is 4.74 Å². The lowest BCUT2D eigenvalue weighted by atomic mass is 9.76. The average molecular weight is 305 g/mol. The quantitative estimate of drug-likeness (QED) is 0.837. The molecule has 0 unspecified atom stereocenters. The highest BCUT2D eigenvalue weighted by atomic mass is 16.5. The van der Waals surface area contributed by atoms with Crippen molar-refractivity contribution in [3.63, 3.8) is 0 Å². The van der Waals surface area contributed by atoms with Crippen LogP contribution in [0.2, 0.25) is 0 Å². The average Bonchev–Trinajstić information content (AvgIpc) is 2.93. The molecule has 0 bridgehead atoms. The normalized spacial score (nSPS) is 24.7. The molecule has 0 radical (unpaired) electrons. The number of rotatable bonds is 5. The first-order chi connectivity index (χ1) is 10.7. The lowest BCUT2D eigenvalue weighted by molar-refractivity contribution is 0.0284. The van der Waals surface area contributed by atoms with Crippen molar-refractivity contribution >= 4 is 0 Å². The molecule has 2 saturated heterocycles. The van der Waals surface area contributed by atoms with Crippen LogP contribution in [0.3, 0.4) is 0 Å². The van der Waals surface area contributed by atoms with Crippen LogP contribution in [0.25, 0.3) is 0 Å². The van der Waals surface area contributed by atoms with E-state index in [0.29, 0.717) is 11.5 Å². The molecule has 0 N–H and O–H groups in total. The molecule has 122 valence electrons. The van der Waals surface area contributed by atoms with Gasteiger partial charge >= 0.3 is 0 Å². The summed E-state index contributed by atoms with van der Waals surface area (Å²) in [5.41, 5.74) is 1.67. The first-order valence-corrected chi connectivity index (χ1v) is 8.19. The van der Waals surface area contributed by atoms with Crippen molar-refractivity contribution in [2.24, 2.45) is 5.41 Å². The highest BCUT2D eigenvalue weighted by molar-refractivity contribution is 5.33. The molecule has 0 saturated carbocycles. The zero-order chi connectivity index (χ0) is 15.4. The predicted molar refractivity (Wildman–Crippen MR) is 86.2 cm³/mol. The maximum atomic E-state index is 5.91. The molecule has 2 fully saturated rings. The molecule has 2 heterocycles. The van der Waals surface area contributed by atoms with Gasteiger partial charge in [0, 0.05) is 19.2 Å². The molecule has 22 heavy (non-hydrogen) atoms. The highest BCUT2D eigenvalue weighted by Gasteiger charge is 2.42. The van der Waals surface area contributed by atoms with Gasteiger partial charge in [0.1, 0.15) is 5.75 Å². The Hall–Kier alpha value is -1.10. The maximum Gasteiger partial charge on any atom is 0.123 e. The molecule has 1 aromatic carbocycles. The van der Waals surface area contributed by atoms with Gasteiger partial charge in [-0.15, -0.1) is 0 Å². The number of hydrogen-bond acceptors (Lipinski definition) is 4. The molecule has 4 nitrogen and oxygen atoms in total. The molecule has 4 heteroatoms. The summed E-state index contributed by atoms with van der Waals surface area (Å²) in [6, 6.07) is 8.32. The Morgan fingerprint density at radius 1 is 1.23 bits per heavy atom. The maximum absolute atomic E-state index is 5.91. The van der Waals surface area contributed by atoms with Gasteiger partial charge in [-0.3, -0.25) is 4.90 Å². The number of nitrogens with zero attached hydrogens (tertiary/aromatic N) is 1. The number of hydrogen-bond donors (Lipinski definition) is 0. The van der Waals surface area contributed by atoms with Gasteiger partial charge in [0.2, 0.25) is 0 Å². The fourth-order valence-corrected chi connectivity index (χ4v) is 3.80. The van der Waals surface area contributed by atoms with Crippen LogP contribution in [0.4, 0.5) is 0 Å². The molecular formula is C18H27NO3. The SMILES string of the molecule is COC[C@H]1CC2(CCN(Cc3ccccc3OC)CC2)CO1. The molecule has 2 aliphatic heterocycles. The molecule has 1 aromatic rings. The summed E-state index contributed by atoms with van der Waals surface area (Å²) in [6.07, 6.45) is 3.90. The summed E-state index contributed by atoms with van der Waals surface area (Å²) in [5, 5.41) is 0. The smallest absolute Gasteiger partial charge is 0.123 e. The third-order valence-corrected chi connectivity index (χ3v) is 5.14. The van der Waals surface area contributed by atoms with Gasteiger partial charge < -0.3 is 14.2 Å². The summed E-state index contributed by atoms with van der Waals surface area (Å²) in [4.78, 5) is 2.53. The Labute approximate surface area is 133 Å². The van der Waals surface area contributed by atoms with Crippen LogP contribution in [0.5, 0.6) is 5.75 Å². The summed E-state index contributed by atoms with van der Waals surface area (Å²) in [7, 11) is 3.50. The van der Waals surface area contributed by atoms with Crippen molar-refractivity contribution in [1.82, 2.24) is 4.90 Å². The van der Waals surface area contributed by atoms with Crippen LogP contribution in [0, 0.1) is 5.41 Å². The van der Waals surface area contributed by atoms with Gasteiger partial charge in [0.25, 0.3) is 0 Å². The van der Waals surface area contributed by atoms with E-state index in [1.807, 2.05) is 12.1 Å². The van der Waals surface area contributed by atoms with Gasteiger partial charge in [-0.25, -0.2) is 0 Å². The third kappa shape index (κ3) is 3.45. The molecule has 2 aliphatic rings. The van der Waals surface area contributed by atoms with Gasteiger partial charge in [-0.05, 0) is 43.8 Å². The van der Waals surface area contributed by atoms with E-state index < -0.39 is 0 Å². The first kappa shape index (κ1) is 15.8. The van der Waals surface area contributed by atoms with E-state index in [4.69, 9.17) is 14.2 Å². The van der Waals surface area contributed by atoms with Crippen molar-refractivity contribution < 1.29 is 14.2 Å². The van der Waals surface area contributed by atoms with Gasteiger partial charge in [0.15, 0.2) is 0 Å². The van der Waals surface area contributed by atoms with Crippen molar-refractivity contribution in [1.29, 1.82) is 0 Å². The zero-order valence-corrected chi connectivity index (χ0v) is 13.7. The fourth-order valence-electron chi connectivity index (χ4n) is 3.80. The van der Waals surface area contributed by atoms with E-state index in [0.717, 1.165) is 45.0 Å². The van der Waals surface area contributed by atoms with Crippen LogP contribution in [-0.2, 0) is 16.0 Å². The molecule has 0 aliphatic carbocycles. The highest BCUT2D eigenvalue weighted by Crippen LogP contribution is 2.42. The number of para-hydroxylation sites is 1. The van der Waals surface area contributed by atoms with E-state index in [1.54, 1.807) is 14.2 Å². The minimum absolute atomic E-state index is 0.297. The van der Waals surface area contributed by atoms with Crippen molar-refractivity contribution in [3.05, 3.63) is 29.8 Å². The van der Waals surface area contributed by atoms with Crippen LogP contribution in [-0.4, -0.2) is 51.5 Å². The fraction of sp³-hybridized carbons (Fsp3) is 0.667. The Morgan fingerprint density at radius 2 is 2.00 bits per heavy atom. The van der Waals surface area contributed by atoms with Gasteiger partial charge in [0.05, 0.1) is 26.4 Å². The van der Waals surface area contributed by atoms with E-state index in [2.05, 4.69) is 17.0 Å². The van der Waals surface area contributed by atoms with Crippen LogP contribution >= 0.6 is 0 Å². The molecule has 1 spiro atoms. The van der Waals surface area contributed by atoms with E-state index in [1.165, 1.54) is 18.4 Å². The molecule has 3 rings (SSSR count). The third-order valence-electron chi connectivity index (χ3n) is 5.14. The Kier molecular flexibility index (Phi) is 5.01. The second-order valence-corrected chi connectivity index (χ2v) is 6.68. The van der Waals surface area contributed by atoms with Gasteiger partial charge in [-0.2, -0.15) is 0 Å².